The van der Waals surface area contributed by atoms with E-state index in [-0.39, 0.29) is 0 Å². The number of rotatable bonds is 9. The molecule has 2 N–H and O–H groups in total. The minimum Gasteiger partial charge on any atom is -0.474 e. The molecule has 1 aromatic rings. The number of nitrogens with one attached hydrogen (secondary N) is 2. The summed E-state index contributed by atoms with van der Waals surface area (Å²) in [5.74, 6) is 2.42. The van der Waals surface area contributed by atoms with Crippen LogP contribution in [0.2, 0.25) is 0 Å². The second kappa shape index (κ2) is 12.9. The van der Waals surface area contributed by atoms with Crippen LogP contribution in [-0.2, 0) is 11.3 Å². The number of pyridine rings is 1. The lowest BCUT2D eigenvalue weighted by molar-refractivity contribution is 0.130. The van der Waals surface area contributed by atoms with Crippen molar-refractivity contribution in [2.45, 2.75) is 70.6 Å². The maximum Gasteiger partial charge on any atom is 0.213 e. The molecule has 1 aliphatic heterocycles. The van der Waals surface area contributed by atoms with E-state index in [1.807, 2.05) is 19.3 Å². The van der Waals surface area contributed by atoms with Crippen LogP contribution in [-0.4, -0.2) is 68.4 Å². The molecule has 31 heavy (non-hydrogen) atoms. The molecule has 7 nitrogen and oxygen atoms in total. The molecule has 1 aliphatic carbocycles. The number of hydrogen-bond acceptors (Lipinski definition) is 5. The summed E-state index contributed by atoms with van der Waals surface area (Å²) in [7, 11) is 3.60. The average Bonchev–Trinajstić information content (AvgIpc) is 2.79. The van der Waals surface area contributed by atoms with Crippen LogP contribution in [0, 0.1) is 5.92 Å². The van der Waals surface area contributed by atoms with Gasteiger partial charge in [-0.05, 0) is 62.5 Å². The second-order valence-electron chi connectivity index (χ2n) is 9.03. The lowest BCUT2D eigenvalue weighted by Crippen LogP contribution is -2.48. The van der Waals surface area contributed by atoms with Crippen LogP contribution in [0.4, 0.5) is 0 Å². The van der Waals surface area contributed by atoms with Gasteiger partial charge in [-0.15, -0.1) is 0 Å². The van der Waals surface area contributed by atoms with Gasteiger partial charge < -0.3 is 25.0 Å². The van der Waals surface area contributed by atoms with Gasteiger partial charge in [0.05, 0.1) is 0 Å². The van der Waals surface area contributed by atoms with E-state index in [1.165, 1.54) is 12.8 Å². The molecule has 0 amide bonds. The minimum atomic E-state index is 0.307. The van der Waals surface area contributed by atoms with E-state index in [9.17, 15) is 0 Å². The van der Waals surface area contributed by atoms with Crippen molar-refractivity contribution in [2.75, 3.05) is 40.4 Å². The van der Waals surface area contributed by atoms with E-state index in [2.05, 4.69) is 38.5 Å². The predicted molar refractivity (Wildman–Crippen MR) is 126 cm³/mol. The molecule has 7 heteroatoms. The normalized spacial score (nSPS) is 23.5. The van der Waals surface area contributed by atoms with Gasteiger partial charge >= 0.3 is 0 Å². The first-order chi connectivity index (χ1) is 15.2. The summed E-state index contributed by atoms with van der Waals surface area (Å²) < 4.78 is 11.3. The molecule has 0 spiro atoms. The largest absolute Gasteiger partial charge is 0.474 e. The topological polar surface area (TPSA) is 71.0 Å². The highest BCUT2D eigenvalue weighted by molar-refractivity contribution is 5.79. The number of nitrogens with zero attached hydrogens (tertiary/aromatic N) is 3. The first-order valence-electron chi connectivity index (χ1n) is 12.0. The summed E-state index contributed by atoms with van der Waals surface area (Å²) in [6.45, 7) is 7.26. The molecule has 1 saturated carbocycles. The maximum absolute atomic E-state index is 6.15. The van der Waals surface area contributed by atoms with Gasteiger partial charge in [0, 0.05) is 65.2 Å². The van der Waals surface area contributed by atoms with Crippen molar-refractivity contribution >= 4 is 5.96 Å². The summed E-state index contributed by atoms with van der Waals surface area (Å²) in [6.07, 6.45) is 10.3. The molecule has 0 bridgehead atoms. The Bertz CT molecular complexity index is 668. The van der Waals surface area contributed by atoms with Crippen LogP contribution in [0.3, 0.4) is 0 Å². The molecule has 2 fully saturated rings. The Hall–Kier alpha value is -1.86. The van der Waals surface area contributed by atoms with Crippen molar-refractivity contribution in [3.8, 4) is 5.88 Å². The third kappa shape index (κ3) is 8.30. The van der Waals surface area contributed by atoms with Crippen LogP contribution in [0.1, 0.15) is 57.4 Å². The van der Waals surface area contributed by atoms with E-state index in [0.29, 0.717) is 18.7 Å². The number of aromatic nitrogens is 1. The number of ether oxygens (including phenoxy) is 2. The average molecular weight is 432 g/mol. The summed E-state index contributed by atoms with van der Waals surface area (Å²) >= 11 is 0. The smallest absolute Gasteiger partial charge is 0.213 e. The highest BCUT2D eigenvalue weighted by Crippen LogP contribution is 2.26. The van der Waals surface area contributed by atoms with Gasteiger partial charge in [0.1, 0.15) is 6.10 Å². The number of hydrogen-bond donors (Lipinski definition) is 2. The number of piperidine rings is 1. The van der Waals surface area contributed by atoms with E-state index < -0.39 is 0 Å². The van der Waals surface area contributed by atoms with Crippen molar-refractivity contribution in [1.29, 1.82) is 0 Å². The molecule has 174 valence electrons. The van der Waals surface area contributed by atoms with Gasteiger partial charge in [0.25, 0.3) is 0 Å². The minimum absolute atomic E-state index is 0.307. The quantitative estimate of drug-likeness (QED) is 0.355. The van der Waals surface area contributed by atoms with Crippen molar-refractivity contribution in [3.05, 3.63) is 23.9 Å². The SMILES string of the molecule is CN=C(NCc1ccnc(OC2CCC(C)CC2)c1)NC1CCN(CCCOC)CC1. The molecule has 0 radical (unpaired) electrons. The van der Waals surface area contributed by atoms with Gasteiger partial charge in [0.2, 0.25) is 5.88 Å². The third-order valence-electron chi connectivity index (χ3n) is 6.48. The van der Waals surface area contributed by atoms with Gasteiger partial charge in [-0.1, -0.05) is 6.92 Å². The fourth-order valence-corrected chi connectivity index (χ4v) is 4.45. The second-order valence-corrected chi connectivity index (χ2v) is 9.03. The zero-order valence-electron chi connectivity index (χ0n) is 19.6. The predicted octanol–water partition coefficient (Wildman–Crippen LogP) is 3.21. The van der Waals surface area contributed by atoms with Crippen LogP contribution in [0.25, 0.3) is 0 Å². The zero-order valence-corrected chi connectivity index (χ0v) is 19.6. The highest BCUT2D eigenvalue weighted by atomic mass is 16.5. The Kier molecular flexibility index (Phi) is 9.87. The lowest BCUT2D eigenvalue weighted by atomic mass is 9.89. The van der Waals surface area contributed by atoms with Crippen molar-refractivity contribution in [3.63, 3.8) is 0 Å². The standard InChI is InChI=1S/C24H41N5O2/c1-19-5-7-22(8-6-19)31-23-17-20(9-12-26-23)18-27-24(25-2)28-21-10-14-29(15-11-21)13-4-16-30-3/h9,12,17,19,21-22H,4-8,10-11,13-16,18H2,1-3H3,(H2,25,27,28). The fourth-order valence-electron chi connectivity index (χ4n) is 4.45. The number of guanidine groups is 1. The lowest BCUT2D eigenvalue weighted by Gasteiger charge is -2.33. The van der Waals surface area contributed by atoms with Gasteiger partial charge in [0.15, 0.2) is 5.96 Å². The zero-order chi connectivity index (χ0) is 21.9. The van der Waals surface area contributed by atoms with Crippen LogP contribution >= 0.6 is 0 Å². The molecule has 1 saturated heterocycles. The summed E-state index contributed by atoms with van der Waals surface area (Å²) in [5, 5.41) is 7.04. The van der Waals surface area contributed by atoms with Gasteiger partial charge in [-0.2, -0.15) is 0 Å². The Morgan fingerprint density at radius 1 is 1.19 bits per heavy atom. The third-order valence-corrected chi connectivity index (χ3v) is 6.48. The van der Waals surface area contributed by atoms with Crippen LogP contribution in [0.5, 0.6) is 5.88 Å². The number of likely N-dealkylation sites (tertiary alicyclic amines) is 1. The van der Waals surface area contributed by atoms with Gasteiger partial charge in [-0.3, -0.25) is 4.99 Å². The summed E-state index contributed by atoms with van der Waals surface area (Å²) in [5.41, 5.74) is 1.16. The number of aliphatic imine (C=N–C) groups is 1. The fraction of sp³-hybridized carbons (Fsp3) is 0.750. The first-order valence-corrected chi connectivity index (χ1v) is 12.0. The molecule has 0 atom stereocenters. The molecule has 2 heterocycles. The van der Waals surface area contributed by atoms with E-state index in [0.717, 1.165) is 81.7 Å². The summed E-state index contributed by atoms with van der Waals surface area (Å²) in [6, 6.07) is 4.56. The molecule has 0 aromatic carbocycles. The Morgan fingerprint density at radius 2 is 1.97 bits per heavy atom. The molecule has 0 unspecified atom stereocenters. The Labute approximate surface area is 188 Å². The van der Waals surface area contributed by atoms with Crippen molar-refractivity contribution in [1.82, 2.24) is 20.5 Å². The van der Waals surface area contributed by atoms with Crippen LogP contribution in [0.15, 0.2) is 23.3 Å². The maximum atomic E-state index is 6.15. The molecule has 1 aromatic heterocycles. The molecule has 2 aliphatic rings. The number of methoxy groups -OCH3 is 1. The van der Waals surface area contributed by atoms with Crippen molar-refractivity contribution in [2.24, 2.45) is 10.9 Å². The van der Waals surface area contributed by atoms with E-state index >= 15 is 0 Å². The van der Waals surface area contributed by atoms with E-state index in [4.69, 9.17) is 9.47 Å². The van der Waals surface area contributed by atoms with Gasteiger partial charge in [-0.25, -0.2) is 4.98 Å². The monoisotopic (exact) mass is 431 g/mol. The highest BCUT2D eigenvalue weighted by Gasteiger charge is 2.21. The molecular weight excluding hydrogens is 390 g/mol. The molecular formula is C24H41N5O2. The Morgan fingerprint density at radius 3 is 2.68 bits per heavy atom. The van der Waals surface area contributed by atoms with Crippen molar-refractivity contribution < 1.29 is 9.47 Å². The van der Waals surface area contributed by atoms with E-state index in [1.54, 1.807) is 7.11 Å². The first kappa shape index (κ1) is 23.8. The summed E-state index contributed by atoms with van der Waals surface area (Å²) in [4.78, 5) is 11.4. The van der Waals surface area contributed by atoms with Crippen LogP contribution < -0.4 is 15.4 Å². The molecule has 3 rings (SSSR count). The Balaban J connectivity index is 1.39.